The number of phosphoric acid groups is 2. The number of esters is 4. The van der Waals surface area contributed by atoms with Gasteiger partial charge in [-0.1, -0.05) is 282 Å². The second kappa shape index (κ2) is 79.8. The normalized spacial score (nSPS) is 14.6. The topological polar surface area (TPSA) is 237 Å². The van der Waals surface area contributed by atoms with Crippen LogP contribution in [0.4, 0.5) is 0 Å². The molecule has 0 saturated heterocycles. The predicted molar refractivity (Wildman–Crippen MR) is 445 cm³/mol. The smallest absolute Gasteiger partial charge is 0.462 e. The van der Waals surface area contributed by atoms with Crippen LogP contribution < -0.4 is 0 Å². The van der Waals surface area contributed by atoms with Crippen molar-refractivity contribution in [2.45, 2.75) is 341 Å². The number of carbonyl (C=O) groups is 4. The molecule has 0 aliphatic heterocycles. The largest absolute Gasteiger partial charge is 0.472 e. The van der Waals surface area contributed by atoms with Gasteiger partial charge in [-0.25, -0.2) is 9.13 Å². The number of allylic oxidation sites excluding steroid dienone is 26. The van der Waals surface area contributed by atoms with E-state index in [-0.39, 0.29) is 25.7 Å². The van der Waals surface area contributed by atoms with E-state index in [1.165, 1.54) is 57.8 Å². The van der Waals surface area contributed by atoms with Gasteiger partial charge in [0.2, 0.25) is 0 Å². The maximum Gasteiger partial charge on any atom is 0.472 e. The van der Waals surface area contributed by atoms with Gasteiger partial charge in [-0.15, -0.1) is 0 Å². The number of aliphatic hydroxyl groups is 1. The lowest BCUT2D eigenvalue weighted by Gasteiger charge is -2.21. The summed E-state index contributed by atoms with van der Waals surface area (Å²) in [6, 6.07) is 0. The van der Waals surface area contributed by atoms with Crippen molar-refractivity contribution in [3.8, 4) is 0 Å². The Bertz CT molecular complexity index is 2660. The Morgan fingerprint density at radius 3 is 0.778 bits per heavy atom. The third-order valence-corrected chi connectivity index (χ3v) is 18.9. The molecule has 5 atom stereocenters. The number of ether oxygens (including phenoxy) is 4. The van der Waals surface area contributed by atoms with E-state index in [4.69, 9.17) is 37.0 Å². The second-order valence-corrected chi connectivity index (χ2v) is 30.2. The van der Waals surface area contributed by atoms with Gasteiger partial charge in [0.25, 0.3) is 0 Å². The molecule has 3 N–H and O–H groups in total. The first-order chi connectivity index (χ1) is 52.7. The molecule has 0 fully saturated rings. The summed E-state index contributed by atoms with van der Waals surface area (Å²) in [7, 11) is -10.00. The van der Waals surface area contributed by atoms with Crippen LogP contribution in [0, 0.1) is 0 Å². The zero-order valence-corrected chi connectivity index (χ0v) is 69.3. The van der Waals surface area contributed by atoms with E-state index >= 15 is 0 Å². The number of unbranched alkanes of at least 4 members (excludes halogenated alkanes) is 25. The maximum atomic E-state index is 13.1. The molecule has 0 aromatic heterocycles. The molecule has 0 aromatic carbocycles. The third-order valence-electron chi connectivity index (χ3n) is 17.0. The molecule has 0 spiro atoms. The molecule has 19 heteroatoms. The Kier molecular flexibility index (Phi) is 75.8. The fraction of sp³-hybridized carbons (Fsp3) is 0.663. The molecular formula is C89H148O17P2. The summed E-state index contributed by atoms with van der Waals surface area (Å²) in [6.45, 7) is 4.53. The average molecular weight is 1550 g/mol. The van der Waals surface area contributed by atoms with Crippen LogP contribution in [0.5, 0.6) is 0 Å². The van der Waals surface area contributed by atoms with Crippen LogP contribution in [0.1, 0.15) is 323 Å². The zero-order chi connectivity index (χ0) is 78.9. The van der Waals surface area contributed by atoms with Crippen LogP contribution >= 0.6 is 15.6 Å². The van der Waals surface area contributed by atoms with E-state index in [9.17, 15) is 43.2 Å². The van der Waals surface area contributed by atoms with Gasteiger partial charge < -0.3 is 33.8 Å². The van der Waals surface area contributed by atoms with Crippen LogP contribution in [0.15, 0.2) is 158 Å². The fourth-order valence-corrected chi connectivity index (χ4v) is 12.2. The summed E-state index contributed by atoms with van der Waals surface area (Å²) in [6.07, 6.45) is 93.5. The molecule has 0 bridgehead atoms. The minimum atomic E-state index is -5.00. The fourth-order valence-electron chi connectivity index (χ4n) is 10.7. The Balaban J connectivity index is 5.45. The van der Waals surface area contributed by atoms with Crippen molar-refractivity contribution in [3.05, 3.63) is 158 Å². The van der Waals surface area contributed by atoms with Gasteiger partial charge in [-0.2, -0.15) is 0 Å². The quantitative estimate of drug-likeness (QED) is 0.0169. The number of rotatable bonds is 77. The lowest BCUT2D eigenvalue weighted by atomic mass is 10.1. The summed E-state index contributed by atoms with van der Waals surface area (Å²) in [5.41, 5.74) is 0. The molecule has 0 aliphatic carbocycles. The monoisotopic (exact) mass is 1550 g/mol. The number of carbonyl (C=O) groups excluding carboxylic acids is 4. The second-order valence-electron chi connectivity index (χ2n) is 27.3. The molecule has 17 nitrogen and oxygen atoms in total. The molecule has 0 aliphatic rings. The highest BCUT2D eigenvalue weighted by atomic mass is 31.2. The molecular weight excluding hydrogens is 1400 g/mol. The van der Waals surface area contributed by atoms with E-state index in [0.29, 0.717) is 25.7 Å². The minimum Gasteiger partial charge on any atom is -0.462 e. The van der Waals surface area contributed by atoms with E-state index in [1.54, 1.807) is 0 Å². The molecule has 616 valence electrons. The molecule has 0 rings (SSSR count). The maximum absolute atomic E-state index is 13.1. The van der Waals surface area contributed by atoms with Crippen LogP contribution in [0.2, 0.25) is 0 Å². The SMILES string of the molecule is CC/C=C\C/C=C\C/C=C\C/C=C\C/C=C\CCCCCC(=O)OCC(COP(=O)(O)OCC(O)COP(=O)(O)OCC(COC(=O)CCCCC/C=C\C/C=C\C/C=C\C/C=C\C/C=C\CC)OC(=O)CCCCCCC/C=C\CCCCCCCC)OC(=O)CCCCCCC/C=C\C/C=C\CCCCC. The highest BCUT2D eigenvalue weighted by molar-refractivity contribution is 7.47. The van der Waals surface area contributed by atoms with Crippen molar-refractivity contribution in [1.82, 2.24) is 0 Å². The molecule has 5 unspecified atom stereocenters. The van der Waals surface area contributed by atoms with E-state index in [1.807, 2.05) is 0 Å². The van der Waals surface area contributed by atoms with E-state index in [2.05, 4.69) is 186 Å². The Morgan fingerprint density at radius 2 is 0.481 bits per heavy atom. The number of phosphoric ester groups is 2. The van der Waals surface area contributed by atoms with Gasteiger partial charge >= 0.3 is 39.5 Å². The van der Waals surface area contributed by atoms with Crippen LogP contribution in [-0.2, 0) is 65.4 Å². The highest BCUT2D eigenvalue weighted by Crippen LogP contribution is 2.45. The number of hydrogen-bond donors (Lipinski definition) is 3. The Morgan fingerprint density at radius 1 is 0.269 bits per heavy atom. The van der Waals surface area contributed by atoms with Crippen molar-refractivity contribution in [3.63, 3.8) is 0 Å². The summed E-state index contributed by atoms with van der Waals surface area (Å²) in [4.78, 5) is 73.2. The van der Waals surface area contributed by atoms with Crippen molar-refractivity contribution < 1.29 is 80.2 Å². The number of hydrogen-bond acceptors (Lipinski definition) is 15. The van der Waals surface area contributed by atoms with Crippen LogP contribution in [0.3, 0.4) is 0 Å². The first-order valence-corrected chi connectivity index (χ1v) is 44.7. The molecule has 0 saturated carbocycles. The first kappa shape index (κ1) is 103. The standard InChI is InChI=1S/C89H148O17P2/c1-5-9-13-17-21-25-29-33-37-39-41-43-47-49-53-57-61-65-69-73-86(91)99-79-84(105-88(93)75-71-67-63-59-55-51-45-35-31-27-23-19-15-11-7-3)81-103-107(95,96)101-77-83(90)78-102-108(97,98)104-82-85(106-89(94)76-72-68-64-60-56-52-46-36-32-28-24-20-16-12-8-4)80-100-87(92)74-70-66-62-58-54-50-48-44-42-40-38-34-30-26-22-18-14-10-6-2/h9-10,13-14,21-23,25-27,33-38,41-46,49-50,53-54,83-85,90H,5-8,11-12,15-20,24,28-32,39-40,47-48,51-52,55-82H2,1-4H3,(H,95,96)(H,97,98)/b13-9-,14-10-,25-21-,26-22-,27-23-,37-33-,38-34-,43-41-,44-42-,45-35-,46-36-,53-49-,54-50-. The van der Waals surface area contributed by atoms with Gasteiger partial charge in [0, 0.05) is 25.7 Å². The van der Waals surface area contributed by atoms with Gasteiger partial charge in [-0.05, 0) is 173 Å². The highest BCUT2D eigenvalue weighted by Gasteiger charge is 2.30. The van der Waals surface area contributed by atoms with Gasteiger partial charge in [0.1, 0.15) is 19.3 Å². The molecule has 0 radical (unpaired) electrons. The molecule has 0 aromatic rings. The van der Waals surface area contributed by atoms with Gasteiger partial charge in [0.15, 0.2) is 12.2 Å². The van der Waals surface area contributed by atoms with Gasteiger partial charge in [-0.3, -0.25) is 37.3 Å². The summed E-state index contributed by atoms with van der Waals surface area (Å²) < 4.78 is 68.7. The van der Waals surface area contributed by atoms with Crippen molar-refractivity contribution >= 4 is 39.5 Å². The molecule has 0 amide bonds. The molecule has 108 heavy (non-hydrogen) atoms. The Labute approximate surface area is 655 Å². The predicted octanol–water partition coefficient (Wildman–Crippen LogP) is 24.8. The zero-order valence-electron chi connectivity index (χ0n) is 67.5. The van der Waals surface area contributed by atoms with Gasteiger partial charge in [0.05, 0.1) is 26.4 Å². The summed E-state index contributed by atoms with van der Waals surface area (Å²) in [5.74, 6) is -2.28. The van der Waals surface area contributed by atoms with Crippen LogP contribution in [0.25, 0.3) is 0 Å². The van der Waals surface area contributed by atoms with Crippen molar-refractivity contribution in [1.29, 1.82) is 0 Å². The lowest BCUT2D eigenvalue weighted by Crippen LogP contribution is -2.30. The number of aliphatic hydroxyl groups excluding tert-OH is 1. The summed E-state index contributed by atoms with van der Waals surface area (Å²) >= 11 is 0. The van der Waals surface area contributed by atoms with E-state index in [0.717, 1.165) is 186 Å². The van der Waals surface area contributed by atoms with Crippen LogP contribution in [-0.4, -0.2) is 96.7 Å². The third kappa shape index (κ3) is 78.8. The summed E-state index contributed by atoms with van der Waals surface area (Å²) in [5, 5.41) is 10.7. The van der Waals surface area contributed by atoms with Crippen molar-refractivity contribution in [2.75, 3.05) is 39.6 Å². The molecule has 0 heterocycles. The Hall–Kier alpha value is -5.32. The minimum absolute atomic E-state index is 0.0659. The average Bonchev–Trinajstić information content (AvgIpc) is 0.923. The van der Waals surface area contributed by atoms with Crippen molar-refractivity contribution in [2.24, 2.45) is 0 Å². The lowest BCUT2D eigenvalue weighted by molar-refractivity contribution is -0.161. The first-order valence-electron chi connectivity index (χ1n) is 41.7. The van der Waals surface area contributed by atoms with E-state index < -0.39 is 97.5 Å².